The lowest BCUT2D eigenvalue weighted by Gasteiger charge is -2.21. The summed E-state index contributed by atoms with van der Waals surface area (Å²) in [7, 11) is 0. The van der Waals surface area contributed by atoms with Gasteiger partial charge in [0.25, 0.3) is 17.5 Å². The number of furan rings is 1. The monoisotopic (exact) mass is 473 g/mol. The van der Waals surface area contributed by atoms with Crippen molar-refractivity contribution in [1.29, 1.82) is 0 Å². The van der Waals surface area contributed by atoms with Crippen LogP contribution in [0, 0.1) is 0 Å². The van der Waals surface area contributed by atoms with E-state index in [0.29, 0.717) is 40.1 Å². The predicted molar refractivity (Wildman–Crippen MR) is 125 cm³/mol. The van der Waals surface area contributed by atoms with E-state index in [1.807, 2.05) is 13.0 Å². The van der Waals surface area contributed by atoms with E-state index in [1.54, 1.807) is 43.3 Å². The summed E-state index contributed by atoms with van der Waals surface area (Å²) in [6, 6.07) is 11.8. The number of pyridine rings is 1. The van der Waals surface area contributed by atoms with Gasteiger partial charge >= 0.3 is 6.03 Å². The number of carbonyl (C=O) groups excluding carboxylic acids is 3. The Morgan fingerprint density at radius 1 is 1.17 bits per heavy atom. The van der Waals surface area contributed by atoms with Crippen molar-refractivity contribution in [3.8, 4) is 11.5 Å². The molecule has 1 saturated heterocycles. The first-order chi connectivity index (χ1) is 16.9. The van der Waals surface area contributed by atoms with E-state index in [-0.39, 0.29) is 18.2 Å². The van der Waals surface area contributed by atoms with Gasteiger partial charge in [0, 0.05) is 6.54 Å². The van der Waals surface area contributed by atoms with Gasteiger partial charge < -0.3 is 19.6 Å². The summed E-state index contributed by atoms with van der Waals surface area (Å²) in [6.45, 7) is 3.86. The number of nitrogens with zero attached hydrogens (tertiary/aromatic N) is 2. The van der Waals surface area contributed by atoms with E-state index in [9.17, 15) is 14.4 Å². The molecule has 1 aliphatic rings. The molecule has 5 rings (SSSR count). The van der Waals surface area contributed by atoms with Crippen LogP contribution in [0.1, 0.15) is 47.4 Å². The number of aromatic nitrogens is 2. The molecule has 4 amide bonds. The number of urea groups is 1. The number of benzene rings is 1. The Hall–Kier alpha value is -4.47. The molecule has 10 heteroatoms. The van der Waals surface area contributed by atoms with E-state index in [4.69, 9.17) is 8.94 Å². The van der Waals surface area contributed by atoms with Crippen molar-refractivity contribution in [3.63, 3.8) is 0 Å². The van der Waals surface area contributed by atoms with Crippen molar-refractivity contribution in [2.24, 2.45) is 0 Å². The topological polar surface area (TPSA) is 139 Å². The quantitative estimate of drug-likeness (QED) is 0.350. The van der Waals surface area contributed by atoms with E-state index in [0.717, 1.165) is 12.0 Å². The van der Waals surface area contributed by atoms with Crippen molar-refractivity contribution < 1.29 is 23.3 Å². The molecule has 1 unspecified atom stereocenters. The first kappa shape index (κ1) is 22.3. The summed E-state index contributed by atoms with van der Waals surface area (Å²) in [4.78, 5) is 41.8. The highest BCUT2D eigenvalue weighted by Gasteiger charge is 2.43. The Balaban J connectivity index is 1.44. The largest absolute Gasteiger partial charge is 0.463 e. The fraction of sp³-hybridized carbons (Fsp3) is 0.240. The predicted octanol–water partition coefficient (Wildman–Crippen LogP) is 3.42. The number of nitrogens with one attached hydrogen (secondary N) is 3. The maximum Gasteiger partial charge on any atom is 0.322 e. The minimum absolute atomic E-state index is 0.201. The SMILES string of the molecule is CCCc1noc2nc(-c3ccco3)cc(C(=O)NCc3cccc(C4(C)NC(=O)NC4=O)c3)c12. The Morgan fingerprint density at radius 3 is 2.74 bits per heavy atom. The molecule has 4 aromatic rings. The summed E-state index contributed by atoms with van der Waals surface area (Å²) in [5.74, 6) is -0.245. The number of amides is 4. The number of rotatable bonds is 7. The van der Waals surface area contributed by atoms with E-state index >= 15 is 0 Å². The molecule has 0 spiro atoms. The van der Waals surface area contributed by atoms with Crippen LogP contribution in [0.2, 0.25) is 0 Å². The van der Waals surface area contributed by atoms with Gasteiger partial charge in [-0.1, -0.05) is 42.8 Å². The fourth-order valence-corrected chi connectivity index (χ4v) is 4.16. The average Bonchev–Trinajstić information content (AvgIpc) is 3.58. The van der Waals surface area contributed by atoms with Crippen LogP contribution in [-0.4, -0.2) is 28.0 Å². The highest BCUT2D eigenvalue weighted by atomic mass is 16.5. The number of aryl methyl sites for hydroxylation is 1. The Kier molecular flexibility index (Phi) is 5.56. The fourth-order valence-electron chi connectivity index (χ4n) is 4.16. The third-order valence-electron chi connectivity index (χ3n) is 6.02. The normalized spacial score (nSPS) is 17.4. The van der Waals surface area contributed by atoms with E-state index in [1.165, 1.54) is 6.26 Å². The van der Waals surface area contributed by atoms with Crippen molar-refractivity contribution in [2.75, 3.05) is 0 Å². The van der Waals surface area contributed by atoms with Crippen LogP contribution >= 0.6 is 0 Å². The molecule has 178 valence electrons. The lowest BCUT2D eigenvalue weighted by molar-refractivity contribution is -0.123. The second-order valence-corrected chi connectivity index (χ2v) is 8.51. The summed E-state index contributed by atoms with van der Waals surface area (Å²) in [6.07, 6.45) is 3.01. The van der Waals surface area contributed by atoms with E-state index < -0.39 is 17.5 Å². The van der Waals surface area contributed by atoms with Gasteiger partial charge in [-0.05, 0) is 42.7 Å². The molecular formula is C25H23N5O5. The van der Waals surface area contributed by atoms with Crippen LogP contribution < -0.4 is 16.0 Å². The lowest BCUT2D eigenvalue weighted by atomic mass is 9.91. The number of imide groups is 1. The molecule has 0 bridgehead atoms. The Morgan fingerprint density at radius 2 is 2.03 bits per heavy atom. The molecular weight excluding hydrogens is 450 g/mol. The first-order valence-electron chi connectivity index (χ1n) is 11.2. The zero-order chi connectivity index (χ0) is 24.6. The van der Waals surface area contributed by atoms with Crippen molar-refractivity contribution in [1.82, 2.24) is 26.1 Å². The molecule has 1 aromatic carbocycles. The third-order valence-corrected chi connectivity index (χ3v) is 6.02. The Bertz CT molecular complexity index is 1440. The van der Waals surface area contributed by atoms with Gasteiger partial charge in [-0.2, -0.15) is 0 Å². The summed E-state index contributed by atoms with van der Waals surface area (Å²) < 4.78 is 10.9. The van der Waals surface area contributed by atoms with Crippen LogP contribution in [0.15, 0.2) is 57.7 Å². The highest BCUT2D eigenvalue weighted by Crippen LogP contribution is 2.29. The van der Waals surface area contributed by atoms with Crippen LogP contribution in [0.5, 0.6) is 0 Å². The maximum atomic E-state index is 13.3. The zero-order valence-electron chi connectivity index (χ0n) is 19.2. The van der Waals surface area contributed by atoms with Gasteiger partial charge in [0.15, 0.2) is 5.76 Å². The van der Waals surface area contributed by atoms with Crippen molar-refractivity contribution >= 4 is 28.9 Å². The van der Waals surface area contributed by atoms with Gasteiger partial charge in [0.05, 0.1) is 22.9 Å². The smallest absolute Gasteiger partial charge is 0.322 e. The highest BCUT2D eigenvalue weighted by molar-refractivity contribution is 6.07. The Labute approximate surface area is 200 Å². The van der Waals surface area contributed by atoms with Crippen LogP contribution in [0.4, 0.5) is 4.79 Å². The molecule has 0 radical (unpaired) electrons. The molecule has 0 saturated carbocycles. The van der Waals surface area contributed by atoms with Crippen LogP contribution in [0.25, 0.3) is 22.6 Å². The van der Waals surface area contributed by atoms with Gasteiger partial charge in [-0.3, -0.25) is 14.9 Å². The second-order valence-electron chi connectivity index (χ2n) is 8.51. The van der Waals surface area contributed by atoms with Gasteiger partial charge in [-0.25, -0.2) is 9.78 Å². The molecule has 4 heterocycles. The number of hydrogen-bond acceptors (Lipinski definition) is 7. The molecule has 3 aromatic heterocycles. The second kappa shape index (κ2) is 8.71. The lowest BCUT2D eigenvalue weighted by Crippen LogP contribution is -2.40. The summed E-state index contributed by atoms with van der Waals surface area (Å²) in [5, 5.41) is 12.5. The maximum absolute atomic E-state index is 13.3. The van der Waals surface area contributed by atoms with Crippen LogP contribution in [-0.2, 0) is 23.3 Å². The molecule has 1 aliphatic heterocycles. The van der Waals surface area contributed by atoms with Crippen molar-refractivity contribution in [2.45, 2.75) is 38.8 Å². The molecule has 3 N–H and O–H groups in total. The molecule has 10 nitrogen and oxygen atoms in total. The number of fused-ring (bicyclic) bond motifs is 1. The van der Waals surface area contributed by atoms with Crippen LogP contribution in [0.3, 0.4) is 0 Å². The summed E-state index contributed by atoms with van der Waals surface area (Å²) >= 11 is 0. The van der Waals surface area contributed by atoms with Gasteiger partial charge in [0.1, 0.15) is 11.2 Å². The van der Waals surface area contributed by atoms with E-state index in [2.05, 4.69) is 26.1 Å². The zero-order valence-corrected chi connectivity index (χ0v) is 19.2. The molecule has 35 heavy (non-hydrogen) atoms. The molecule has 1 fully saturated rings. The summed E-state index contributed by atoms with van der Waals surface area (Å²) in [5.41, 5.74) is 1.99. The van der Waals surface area contributed by atoms with Gasteiger partial charge in [-0.15, -0.1) is 0 Å². The molecule has 1 atom stereocenters. The first-order valence-corrected chi connectivity index (χ1v) is 11.2. The minimum atomic E-state index is -1.18. The average molecular weight is 473 g/mol. The van der Waals surface area contributed by atoms with Gasteiger partial charge in [0.2, 0.25) is 0 Å². The number of carbonyl (C=O) groups is 3. The molecule has 0 aliphatic carbocycles. The minimum Gasteiger partial charge on any atom is -0.463 e. The third kappa shape index (κ3) is 4.03. The van der Waals surface area contributed by atoms with Crippen molar-refractivity contribution in [3.05, 3.63) is 71.1 Å². The number of hydrogen-bond donors (Lipinski definition) is 3. The standard InChI is InChI=1S/C25H23N5O5/c1-3-6-17-20-16(12-18(19-9-5-10-34-19)27-22(20)35-30-17)21(31)26-13-14-7-4-8-15(11-14)25(2)23(32)28-24(33)29-25/h4-5,7-12H,3,6,13H2,1-2H3,(H,26,31)(H2,28,29,32,33).